The summed E-state index contributed by atoms with van der Waals surface area (Å²) in [5.74, 6) is 0. The third-order valence-corrected chi connectivity index (χ3v) is 2.50. The van der Waals surface area contributed by atoms with Crippen LogP contribution in [0.3, 0.4) is 0 Å². The second kappa shape index (κ2) is 10.4. The zero-order chi connectivity index (χ0) is 14.7. The zero-order valence-corrected chi connectivity index (χ0v) is 12.9. The fourth-order valence-corrected chi connectivity index (χ4v) is 1.68. The van der Waals surface area contributed by atoms with Crippen LogP contribution in [0.5, 0.6) is 0 Å². The van der Waals surface area contributed by atoms with Gasteiger partial charge in [0, 0.05) is 25.1 Å². The van der Waals surface area contributed by atoms with Crippen molar-refractivity contribution in [2.75, 3.05) is 20.6 Å². The van der Waals surface area contributed by atoms with E-state index in [-0.39, 0.29) is 1.43 Å². The Kier molecular flexibility index (Phi) is 9.55. The number of fused-ring (bicyclic) bond motifs is 1. The lowest BCUT2D eigenvalue weighted by Gasteiger charge is -2.07. The van der Waals surface area contributed by atoms with Crippen LogP contribution in [0.15, 0.2) is 43.6 Å². The van der Waals surface area contributed by atoms with Crippen molar-refractivity contribution >= 4 is 10.9 Å². The Morgan fingerprint density at radius 2 is 1.74 bits per heavy atom. The quantitative estimate of drug-likeness (QED) is 0.792. The molecule has 2 aromatic rings. The largest absolute Gasteiger partial charge is 0.361 e. The first-order valence-corrected chi connectivity index (χ1v) is 6.88. The molecule has 0 bridgehead atoms. The van der Waals surface area contributed by atoms with Crippen molar-refractivity contribution in [1.82, 2.24) is 9.88 Å². The van der Waals surface area contributed by atoms with E-state index >= 15 is 0 Å². The third-order valence-electron chi connectivity index (χ3n) is 2.50. The second-order valence-corrected chi connectivity index (χ2v) is 4.62. The number of H-pyrrole nitrogens is 1. The molecular weight excluding hydrogens is 232 g/mol. The molecule has 0 aliphatic rings. The third kappa shape index (κ3) is 6.25. The second-order valence-electron chi connectivity index (χ2n) is 4.62. The van der Waals surface area contributed by atoms with Crippen LogP contribution < -0.4 is 0 Å². The highest BCUT2D eigenvalue weighted by Gasteiger charge is 2.02. The number of likely N-dealkylation sites (N-methyl/N-ethyl adjacent to an activating group) is 1. The van der Waals surface area contributed by atoms with Crippen molar-refractivity contribution in [3.05, 3.63) is 49.2 Å². The summed E-state index contributed by atoms with van der Waals surface area (Å²) < 4.78 is 0. The maximum Gasteiger partial charge on any atom is 0.0456 e. The first-order chi connectivity index (χ1) is 9.19. The molecule has 0 spiro atoms. The minimum atomic E-state index is 0. The summed E-state index contributed by atoms with van der Waals surface area (Å²) in [6, 6.07) is 8.45. The average molecular weight is 262 g/mol. The molecule has 0 radical (unpaired) electrons. The van der Waals surface area contributed by atoms with Gasteiger partial charge in [0.2, 0.25) is 0 Å². The minimum Gasteiger partial charge on any atom is -0.361 e. The highest BCUT2D eigenvalue weighted by molar-refractivity contribution is 5.83. The number of nitrogens with zero attached hydrogens (tertiary/aromatic N) is 1. The molecule has 2 rings (SSSR count). The smallest absolute Gasteiger partial charge is 0.0456 e. The van der Waals surface area contributed by atoms with Crippen molar-refractivity contribution < 1.29 is 1.43 Å². The zero-order valence-electron chi connectivity index (χ0n) is 12.9. The maximum absolute atomic E-state index is 3.29. The lowest BCUT2D eigenvalue weighted by molar-refractivity contribution is 0.414. The Hall–Kier alpha value is -1.54. The van der Waals surface area contributed by atoms with E-state index in [1.807, 2.05) is 0 Å². The van der Waals surface area contributed by atoms with Gasteiger partial charge in [-0.3, -0.25) is 0 Å². The van der Waals surface area contributed by atoms with Gasteiger partial charge in [-0.05, 0) is 32.1 Å². The standard InChI is InChI=1S/C12H16N2.C3H8.C2H4.H2/c1-14(2)8-7-10-9-13-12-6-4-3-5-11(10)12;1-3-2;1-2;/h3-6,9,13H,7-8H2,1-2H3;3H2,1-2H3;1-2H2;1H. The fourth-order valence-electron chi connectivity index (χ4n) is 1.68. The van der Waals surface area contributed by atoms with Crippen LogP contribution in [0.2, 0.25) is 0 Å². The molecule has 0 amide bonds. The molecule has 0 fully saturated rings. The van der Waals surface area contributed by atoms with E-state index in [0.717, 1.165) is 13.0 Å². The van der Waals surface area contributed by atoms with E-state index in [2.05, 4.69) is 81.4 Å². The van der Waals surface area contributed by atoms with Crippen LogP contribution in [-0.2, 0) is 6.42 Å². The number of nitrogens with one attached hydrogen (secondary N) is 1. The summed E-state index contributed by atoms with van der Waals surface area (Å²) in [6.45, 7) is 11.3. The Labute approximate surface area is 119 Å². The van der Waals surface area contributed by atoms with Gasteiger partial charge in [-0.2, -0.15) is 0 Å². The molecule has 19 heavy (non-hydrogen) atoms. The lowest BCUT2D eigenvalue weighted by atomic mass is 10.1. The molecule has 0 aliphatic heterocycles. The normalized spacial score (nSPS) is 9.53. The Morgan fingerprint density at radius 3 is 2.32 bits per heavy atom. The van der Waals surface area contributed by atoms with Crippen LogP contribution in [-0.4, -0.2) is 30.5 Å². The molecule has 1 N–H and O–H groups in total. The fraction of sp³-hybridized carbons (Fsp3) is 0.412. The van der Waals surface area contributed by atoms with E-state index in [1.165, 1.54) is 22.9 Å². The topological polar surface area (TPSA) is 19.0 Å². The van der Waals surface area contributed by atoms with E-state index in [4.69, 9.17) is 0 Å². The number of aromatic nitrogens is 1. The van der Waals surface area contributed by atoms with Crippen LogP contribution in [0.25, 0.3) is 10.9 Å². The number of rotatable bonds is 3. The highest BCUT2D eigenvalue weighted by atomic mass is 15.0. The molecule has 1 aromatic carbocycles. The summed E-state index contributed by atoms with van der Waals surface area (Å²) in [6.07, 6.45) is 4.48. The summed E-state index contributed by atoms with van der Waals surface area (Å²) in [5.41, 5.74) is 2.65. The number of para-hydroxylation sites is 1. The molecule has 1 heterocycles. The number of hydrogen-bond acceptors (Lipinski definition) is 1. The first-order valence-electron chi connectivity index (χ1n) is 6.88. The van der Waals surface area contributed by atoms with Crippen LogP contribution >= 0.6 is 0 Å². The first kappa shape index (κ1) is 17.5. The highest BCUT2D eigenvalue weighted by Crippen LogP contribution is 2.17. The van der Waals surface area contributed by atoms with Crippen LogP contribution in [0, 0.1) is 0 Å². The van der Waals surface area contributed by atoms with E-state index in [1.54, 1.807) is 0 Å². The summed E-state index contributed by atoms with van der Waals surface area (Å²) >= 11 is 0. The SMILES string of the molecule is C=C.CCC.CN(C)CCc1c[nH]c2ccccc12.[HH]. The van der Waals surface area contributed by atoms with Crippen LogP contribution in [0.4, 0.5) is 0 Å². The van der Waals surface area contributed by atoms with Gasteiger partial charge in [-0.25, -0.2) is 0 Å². The predicted octanol–water partition coefficient (Wildman–Crippen LogP) is 4.74. The van der Waals surface area contributed by atoms with E-state index in [9.17, 15) is 0 Å². The summed E-state index contributed by atoms with van der Waals surface area (Å²) in [5, 5.41) is 1.36. The van der Waals surface area contributed by atoms with Crippen molar-refractivity contribution in [3.63, 3.8) is 0 Å². The van der Waals surface area contributed by atoms with Gasteiger partial charge in [0.05, 0.1) is 0 Å². The Balaban J connectivity index is 0. The van der Waals surface area contributed by atoms with Crippen LogP contribution in [0.1, 0.15) is 27.3 Å². The predicted molar refractivity (Wildman–Crippen MR) is 89.9 cm³/mol. The molecule has 0 aliphatic carbocycles. The number of aromatic amines is 1. The number of benzene rings is 1. The van der Waals surface area contributed by atoms with Crippen molar-refractivity contribution in [3.8, 4) is 0 Å². The van der Waals surface area contributed by atoms with Gasteiger partial charge in [-0.1, -0.05) is 38.5 Å². The molecule has 0 unspecified atom stereocenters. The molecule has 0 saturated carbocycles. The molecule has 108 valence electrons. The monoisotopic (exact) mass is 262 g/mol. The van der Waals surface area contributed by atoms with Gasteiger partial charge < -0.3 is 9.88 Å². The Bertz CT molecular complexity index is 449. The number of hydrogen-bond donors (Lipinski definition) is 1. The molecule has 1 aromatic heterocycles. The molecule has 0 saturated heterocycles. The van der Waals surface area contributed by atoms with Gasteiger partial charge in [0.1, 0.15) is 0 Å². The van der Waals surface area contributed by atoms with Gasteiger partial charge >= 0.3 is 0 Å². The molecule has 2 heteroatoms. The molecule has 0 atom stereocenters. The van der Waals surface area contributed by atoms with Crippen molar-refractivity contribution in [1.29, 1.82) is 0 Å². The van der Waals surface area contributed by atoms with Gasteiger partial charge in [0.25, 0.3) is 0 Å². The minimum absolute atomic E-state index is 0. The maximum atomic E-state index is 3.29. The van der Waals surface area contributed by atoms with Crippen molar-refractivity contribution in [2.45, 2.75) is 26.7 Å². The lowest BCUT2D eigenvalue weighted by Crippen LogP contribution is -2.14. The van der Waals surface area contributed by atoms with Crippen molar-refractivity contribution in [2.24, 2.45) is 0 Å². The van der Waals surface area contributed by atoms with Gasteiger partial charge in [0.15, 0.2) is 0 Å². The molecular formula is C17H30N2. The van der Waals surface area contributed by atoms with E-state index in [0.29, 0.717) is 0 Å². The Morgan fingerprint density at radius 1 is 1.16 bits per heavy atom. The molecule has 2 nitrogen and oxygen atoms in total. The summed E-state index contributed by atoms with van der Waals surface area (Å²) in [7, 11) is 4.21. The average Bonchev–Trinajstić information content (AvgIpc) is 2.83. The summed E-state index contributed by atoms with van der Waals surface area (Å²) in [4.78, 5) is 5.50. The van der Waals surface area contributed by atoms with E-state index < -0.39 is 0 Å². The van der Waals surface area contributed by atoms with Gasteiger partial charge in [-0.15, -0.1) is 13.2 Å².